The van der Waals surface area contributed by atoms with Gasteiger partial charge in [-0.25, -0.2) is 0 Å². The lowest BCUT2D eigenvalue weighted by atomic mass is 9.83. The number of hydrogen-bond acceptors (Lipinski definition) is 2. The van der Waals surface area contributed by atoms with E-state index < -0.39 is 17.4 Å². The molecule has 0 saturated heterocycles. The van der Waals surface area contributed by atoms with Gasteiger partial charge in [-0.3, -0.25) is 9.59 Å². The van der Waals surface area contributed by atoms with E-state index in [1.54, 1.807) is 13.8 Å². The highest BCUT2D eigenvalue weighted by molar-refractivity contribution is 5.75. The number of carbonyl (C=O) groups is 2. The lowest BCUT2D eigenvalue weighted by Crippen LogP contribution is -2.27. The summed E-state index contributed by atoms with van der Waals surface area (Å²) < 4.78 is 0. The molecular weight excluding hydrogens is 160 g/mol. The monoisotopic (exact) mass is 174 g/mol. The van der Waals surface area contributed by atoms with Gasteiger partial charge in [-0.1, -0.05) is 6.92 Å². The van der Waals surface area contributed by atoms with Crippen molar-refractivity contribution in [1.29, 1.82) is 0 Å². The fraction of sp³-hybridized carbons (Fsp3) is 0.750. The number of hydrogen-bond donors (Lipinski definition) is 2. The molecular formula is C8H14O4. The highest BCUT2D eigenvalue weighted by atomic mass is 16.4. The summed E-state index contributed by atoms with van der Waals surface area (Å²) in [5, 5.41) is 17.1. The van der Waals surface area contributed by atoms with Gasteiger partial charge < -0.3 is 10.2 Å². The van der Waals surface area contributed by atoms with Gasteiger partial charge in [-0.15, -0.1) is 0 Å². The SMILES string of the molecule is CCC(C)(CCC(=O)O)C(=O)O. The van der Waals surface area contributed by atoms with Crippen LogP contribution >= 0.6 is 0 Å². The van der Waals surface area contributed by atoms with E-state index in [0.717, 1.165) is 0 Å². The van der Waals surface area contributed by atoms with E-state index >= 15 is 0 Å². The molecule has 1 unspecified atom stereocenters. The van der Waals surface area contributed by atoms with Crippen LogP contribution < -0.4 is 0 Å². The quantitative estimate of drug-likeness (QED) is 0.659. The Hall–Kier alpha value is -1.06. The molecule has 0 heterocycles. The van der Waals surface area contributed by atoms with Crippen LogP contribution in [0.1, 0.15) is 33.1 Å². The molecule has 12 heavy (non-hydrogen) atoms. The highest BCUT2D eigenvalue weighted by Crippen LogP contribution is 2.27. The second kappa shape index (κ2) is 4.09. The molecule has 4 nitrogen and oxygen atoms in total. The Morgan fingerprint density at radius 1 is 1.33 bits per heavy atom. The van der Waals surface area contributed by atoms with E-state index in [2.05, 4.69) is 0 Å². The van der Waals surface area contributed by atoms with Gasteiger partial charge in [0.1, 0.15) is 0 Å². The summed E-state index contributed by atoms with van der Waals surface area (Å²) in [6.45, 7) is 3.31. The van der Waals surface area contributed by atoms with Crippen LogP contribution in [0.3, 0.4) is 0 Å². The first kappa shape index (κ1) is 10.9. The molecule has 70 valence electrons. The predicted molar refractivity (Wildman–Crippen MR) is 42.9 cm³/mol. The molecule has 0 aliphatic rings. The molecule has 0 rings (SSSR count). The van der Waals surface area contributed by atoms with Crippen LogP contribution in [0, 0.1) is 5.41 Å². The third-order valence-corrected chi connectivity index (χ3v) is 2.19. The van der Waals surface area contributed by atoms with E-state index in [-0.39, 0.29) is 12.8 Å². The van der Waals surface area contributed by atoms with Gasteiger partial charge in [0.05, 0.1) is 5.41 Å². The zero-order chi connectivity index (χ0) is 9.78. The summed E-state index contributed by atoms with van der Waals surface area (Å²) in [5.74, 6) is -1.87. The Labute approximate surface area is 71.2 Å². The van der Waals surface area contributed by atoms with Gasteiger partial charge in [0, 0.05) is 6.42 Å². The molecule has 0 saturated carbocycles. The van der Waals surface area contributed by atoms with Crippen LogP contribution in [0.25, 0.3) is 0 Å². The molecule has 0 aromatic rings. The fourth-order valence-electron chi connectivity index (χ4n) is 0.818. The van der Waals surface area contributed by atoms with Crippen molar-refractivity contribution in [3.05, 3.63) is 0 Å². The predicted octanol–water partition coefficient (Wildman–Crippen LogP) is 1.35. The zero-order valence-corrected chi connectivity index (χ0v) is 7.33. The molecule has 2 N–H and O–H groups in total. The first-order chi connectivity index (χ1) is 5.42. The first-order valence-electron chi connectivity index (χ1n) is 3.87. The Morgan fingerprint density at radius 3 is 2.08 bits per heavy atom. The van der Waals surface area contributed by atoms with Crippen molar-refractivity contribution < 1.29 is 19.8 Å². The molecule has 0 bridgehead atoms. The van der Waals surface area contributed by atoms with E-state index in [1.165, 1.54) is 0 Å². The van der Waals surface area contributed by atoms with E-state index in [0.29, 0.717) is 6.42 Å². The van der Waals surface area contributed by atoms with Gasteiger partial charge in [0.2, 0.25) is 0 Å². The second-order valence-corrected chi connectivity index (χ2v) is 3.11. The van der Waals surface area contributed by atoms with Gasteiger partial charge in [0.25, 0.3) is 0 Å². The third kappa shape index (κ3) is 2.90. The summed E-state index contributed by atoms with van der Waals surface area (Å²) in [6, 6.07) is 0. The van der Waals surface area contributed by atoms with Crippen molar-refractivity contribution in [2.75, 3.05) is 0 Å². The van der Waals surface area contributed by atoms with Crippen LogP contribution in [0.5, 0.6) is 0 Å². The average Bonchev–Trinajstić information content (AvgIpc) is 1.99. The maximum atomic E-state index is 10.7. The number of rotatable bonds is 5. The topological polar surface area (TPSA) is 74.6 Å². The van der Waals surface area contributed by atoms with Gasteiger partial charge in [-0.05, 0) is 19.8 Å². The normalized spacial score (nSPS) is 15.2. The van der Waals surface area contributed by atoms with Crippen molar-refractivity contribution in [1.82, 2.24) is 0 Å². The molecule has 1 atom stereocenters. The molecule has 0 spiro atoms. The number of carboxylic acid groups (broad SMARTS) is 2. The Morgan fingerprint density at radius 2 is 1.83 bits per heavy atom. The lowest BCUT2D eigenvalue weighted by molar-refractivity contribution is -0.149. The minimum absolute atomic E-state index is 0.0867. The minimum atomic E-state index is -0.948. The average molecular weight is 174 g/mol. The summed E-state index contributed by atoms with van der Waals surface area (Å²) in [4.78, 5) is 20.9. The second-order valence-electron chi connectivity index (χ2n) is 3.11. The van der Waals surface area contributed by atoms with E-state index in [1.807, 2.05) is 0 Å². The third-order valence-electron chi connectivity index (χ3n) is 2.19. The van der Waals surface area contributed by atoms with Crippen LogP contribution in [0.15, 0.2) is 0 Å². The maximum absolute atomic E-state index is 10.7. The van der Waals surface area contributed by atoms with Crippen molar-refractivity contribution >= 4 is 11.9 Å². The number of aliphatic carboxylic acids is 2. The van der Waals surface area contributed by atoms with Gasteiger partial charge >= 0.3 is 11.9 Å². The van der Waals surface area contributed by atoms with Crippen LogP contribution in [0.2, 0.25) is 0 Å². The highest BCUT2D eigenvalue weighted by Gasteiger charge is 2.31. The zero-order valence-electron chi connectivity index (χ0n) is 7.33. The summed E-state index contributed by atoms with van der Waals surface area (Å²) in [7, 11) is 0. The summed E-state index contributed by atoms with van der Waals surface area (Å²) in [6.07, 6.45) is 0.556. The lowest BCUT2D eigenvalue weighted by Gasteiger charge is -2.21. The molecule has 0 amide bonds. The smallest absolute Gasteiger partial charge is 0.309 e. The molecule has 0 aliphatic carbocycles. The van der Waals surface area contributed by atoms with Crippen LogP contribution in [0.4, 0.5) is 0 Å². The van der Waals surface area contributed by atoms with Crippen molar-refractivity contribution in [2.45, 2.75) is 33.1 Å². The fourth-order valence-corrected chi connectivity index (χ4v) is 0.818. The Balaban J connectivity index is 4.15. The molecule has 0 aromatic carbocycles. The molecule has 0 radical (unpaired) electrons. The number of carboxylic acids is 2. The molecule has 0 aliphatic heterocycles. The molecule has 0 aromatic heterocycles. The summed E-state index contributed by atoms with van der Waals surface area (Å²) >= 11 is 0. The Bertz CT molecular complexity index is 187. The van der Waals surface area contributed by atoms with Crippen LogP contribution in [-0.4, -0.2) is 22.2 Å². The minimum Gasteiger partial charge on any atom is -0.481 e. The maximum Gasteiger partial charge on any atom is 0.309 e. The standard InChI is InChI=1S/C8H14O4/c1-3-8(2,7(11)12)5-4-6(9)10/h3-5H2,1-2H3,(H,9,10)(H,11,12). The molecule has 4 heteroatoms. The van der Waals surface area contributed by atoms with E-state index in [4.69, 9.17) is 10.2 Å². The van der Waals surface area contributed by atoms with Crippen molar-refractivity contribution in [3.8, 4) is 0 Å². The van der Waals surface area contributed by atoms with Gasteiger partial charge in [-0.2, -0.15) is 0 Å². The summed E-state index contributed by atoms with van der Waals surface area (Å²) in [5.41, 5.74) is -0.890. The largest absolute Gasteiger partial charge is 0.481 e. The van der Waals surface area contributed by atoms with Gasteiger partial charge in [0.15, 0.2) is 0 Å². The van der Waals surface area contributed by atoms with Crippen LogP contribution in [-0.2, 0) is 9.59 Å². The Kier molecular flexibility index (Phi) is 3.73. The van der Waals surface area contributed by atoms with E-state index in [9.17, 15) is 9.59 Å². The first-order valence-corrected chi connectivity index (χ1v) is 3.87. The van der Waals surface area contributed by atoms with Crippen molar-refractivity contribution in [2.24, 2.45) is 5.41 Å². The molecule has 0 fully saturated rings. The van der Waals surface area contributed by atoms with Crippen molar-refractivity contribution in [3.63, 3.8) is 0 Å².